The van der Waals surface area contributed by atoms with Crippen LogP contribution in [0, 0.1) is 17.3 Å². The summed E-state index contributed by atoms with van der Waals surface area (Å²) < 4.78 is 54.9. The van der Waals surface area contributed by atoms with Gasteiger partial charge in [0.2, 0.25) is 11.8 Å². The van der Waals surface area contributed by atoms with Crippen LogP contribution in [0.25, 0.3) is 0 Å². The number of hydrogen-bond acceptors (Lipinski definition) is 8. The molecule has 9 rings (SSSR count). The van der Waals surface area contributed by atoms with E-state index < -0.39 is 53.3 Å². The molecular formula is C43H54BF3N6O5. The molecule has 11 nitrogen and oxygen atoms in total. The van der Waals surface area contributed by atoms with Crippen molar-refractivity contribution in [3.05, 3.63) is 93.7 Å². The van der Waals surface area contributed by atoms with Gasteiger partial charge in [0, 0.05) is 51.1 Å². The minimum absolute atomic E-state index is 0.0391. The van der Waals surface area contributed by atoms with Crippen LogP contribution in [0.4, 0.5) is 18.9 Å². The second-order valence-electron chi connectivity index (χ2n) is 18.2. The first-order valence-electron chi connectivity index (χ1n) is 20.7. The first-order chi connectivity index (χ1) is 27.5. The van der Waals surface area contributed by atoms with E-state index in [1.165, 1.54) is 22.4 Å². The van der Waals surface area contributed by atoms with Crippen LogP contribution in [0.1, 0.15) is 95.3 Å². The Kier molecular flexibility index (Phi) is 10.6. The van der Waals surface area contributed by atoms with Crippen LogP contribution in [-0.4, -0.2) is 82.1 Å². The standard InChI is InChI=1S/C43H54BF3N6O5/c1-6-35(44-57-34-21-30-20-33(40(30,2)3)42(34,5)58-44)50-37(55)32-22-41(4,23-36(54)52-17-15-51(16-18-52)26-27-11-8-7-9-12-27)39-49-25-31(38(56)53(32)39)48-24-28-13-10-14-29(19-28)43(45,46)47/h7-14,19,25,30,32-35,48H,6,15-18,20-24,26H2,1-5H3,(H,50,55)/t30-,32-,33-,34+,35-,41-,42-/m0/s1. The summed E-state index contributed by atoms with van der Waals surface area (Å²) in [5.41, 5.74) is -1.02. The van der Waals surface area contributed by atoms with E-state index in [2.05, 4.69) is 48.4 Å². The highest BCUT2D eigenvalue weighted by molar-refractivity contribution is 6.47. The Morgan fingerprint density at radius 1 is 1.00 bits per heavy atom. The zero-order chi connectivity index (χ0) is 41.2. The van der Waals surface area contributed by atoms with Gasteiger partial charge < -0.3 is 24.8 Å². The molecule has 0 unspecified atom stereocenters. The van der Waals surface area contributed by atoms with Crippen LogP contribution >= 0.6 is 0 Å². The van der Waals surface area contributed by atoms with Gasteiger partial charge in [0.25, 0.3) is 5.56 Å². The molecule has 5 fully saturated rings. The highest BCUT2D eigenvalue weighted by atomic mass is 19.4. The van der Waals surface area contributed by atoms with E-state index >= 15 is 0 Å². The summed E-state index contributed by atoms with van der Waals surface area (Å²) in [4.78, 5) is 51.8. The lowest BCUT2D eigenvalue weighted by Crippen LogP contribution is -2.65. The smallest absolute Gasteiger partial charge is 0.404 e. The number of anilines is 1. The molecule has 3 saturated carbocycles. The van der Waals surface area contributed by atoms with E-state index in [-0.39, 0.29) is 42.5 Å². The number of nitrogens with zero attached hydrogens (tertiary/aromatic N) is 4. The number of fused-ring (bicyclic) bond motifs is 1. The van der Waals surface area contributed by atoms with Gasteiger partial charge in [0.05, 0.1) is 29.4 Å². The SMILES string of the molecule is CC[C@H](NC(=O)[C@@H]1C[C@@](C)(CC(=O)N2CCN(Cc3ccccc3)CC2)c2ncc(NCc3cccc(C(F)(F)F)c3)c(=O)n21)B1O[C@@H]2C[C@@H]3C[C@@H](C3(C)C)[C@]2(C)O1. The zero-order valence-electron chi connectivity index (χ0n) is 34.0. The second-order valence-corrected chi connectivity index (χ2v) is 18.2. The largest absolute Gasteiger partial charge is 0.481 e. The Hall–Kier alpha value is -4.21. The summed E-state index contributed by atoms with van der Waals surface area (Å²) in [7, 11) is -0.663. The minimum Gasteiger partial charge on any atom is -0.404 e. The van der Waals surface area contributed by atoms with Crippen LogP contribution in [0.15, 0.2) is 65.6 Å². The minimum atomic E-state index is -4.51. The summed E-state index contributed by atoms with van der Waals surface area (Å²) >= 11 is 0. The van der Waals surface area contributed by atoms with Crippen molar-refractivity contribution in [2.45, 2.75) is 115 Å². The Morgan fingerprint density at radius 3 is 2.41 bits per heavy atom. The van der Waals surface area contributed by atoms with Gasteiger partial charge in [-0.1, -0.05) is 70.2 Å². The summed E-state index contributed by atoms with van der Waals surface area (Å²) in [5.74, 6) is 0.254. The molecule has 4 heterocycles. The van der Waals surface area contributed by atoms with E-state index in [1.807, 2.05) is 36.9 Å². The molecule has 3 aromatic rings. The van der Waals surface area contributed by atoms with Crippen molar-refractivity contribution in [2.75, 3.05) is 31.5 Å². The zero-order valence-corrected chi connectivity index (χ0v) is 34.0. The molecular weight excluding hydrogens is 748 g/mol. The molecule has 1 aromatic heterocycles. The third kappa shape index (κ3) is 7.35. The fourth-order valence-electron chi connectivity index (χ4n) is 10.5. The van der Waals surface area contributed by atoms with Crippen LogP contribution in [0.5, 0.6) is 0 Å². The Labute approximate surface area is 338 Å². The molecule has 6 aliphatic rings. The predicted molar refractivity (Wildman–Crippen MR) is 214 cm³/mol. The number of amides is 2. The van der Waals surface area contributed by atoms with E-state index in [0.717, 1.165) is 44.6 Å². The van der Waals surface area contributed by atoms with E-state index in [0.29, 0.717) is 42.7 Å². The maximum Gasteiger partial charge on any atom is 0.481 e. The molecule has 2 aromatic carbocycles. The number of carbonyl (C=O) groups is 2. The maximum absolute atomic E-state index is 14.5. The van der Waals surface area contributed by atoms with Gasteiger partial charge in [0.1, 0.15) is 17.6 Å². The molecule has 3 aliphatic heterocycles. The van der Waals surface area contributed by atoms with Crippen molar-refractivity contribution in [1.29, 1.82) is 0 Å². The van der Waals surface area contributed by atoms with Crippen LogP contribution in [0.2, 0.25) is 0 Å². The third-order valence-electron chi connectivity index (χ3n) is 14.1. The van der Waals surface area contributed by atoms with Crippen molar-refractivity contribution in [3.63, 3.8) is 0 Å². The third-order valence-corrected chi connectivity index (χ3v) is 14.1. The Balaban J connectivity index is 1.02. The monoisotopic (exact) mass is 802 g/mol. The summed E-state index contributed by atoms with van der Waals surface area (Å²) in [6, 6.07) is 14.1. The fraction of sp³-hybridized carbons (Fsp3) is 0.581. The highest BCUT2D eigenvalue weighted by Gasteiger charge is 2.68. The number of rotatable bonds is 11. The molecule has 58 heavy (non-hydrogen) atoms. The number of benzene rings is 2. The number of piperazine rings is 1. The second kappa shape index (κ2) is 15.1. The van der Waals surface area contributed by atoms with Crippen LogP contribution < -0.4 is 16.2 Å². The lowest BCUT2D eigenvalue weighted by Gasteiger charge is -2.64. The molecule has 310 valence electrons. The molecule has 15 heteroatoms. The van der Waals surface area contributed by atoms with Gasteiger partial charge in [-0.05, 0) is 73.1 Å². The number of nitrogens with one attached hydrogen (secondary N) is 2. The number of carbonyl (C=O) groups excluding carboxylic acids is 2. The maximum atomic E-state index is 14.5. The van der Waals surface area contributed by atoms with Crippen molar-refractivity contribution >= 4 is 24.6 Å². The van der Waals surface area contributed by atoms with Crippen molar-refractivity contribution < 1.29 is 32.1 Å². The lowest BCUT2D eigenvalue weighted by atomic mass is 9.43. The van der Waals surface area contributed by atoms with E-state index in [9.17, 15) is 27.6 Å². The topological polar surface area (TPSA) is 118 Å². The number of halogens is 3. The van der Waals surface area contributed by atoms with Crippen molar-refractivity contribution in [3.8, 4) is 0 Å². The summed E-state index contributed by atoms with van der Waals surface area (Å²) in [6.07, 6.45) is -0.505. The highest BCUT2D eigenvalue weighted by Crippen LogP contribution is 2.65. The molecule has 2 N–H and O–H groups in total. The summed E-state index contributed by atoms with van der Waals surface area (Å²) in [5, 5.41) is 6.14. The number of aromatic nitrogens is 2. The van der Waals surface area contributed by atoms with Gasteiger partial charge in [-0.2, -0.15) is 13.2 Å². The number of alkyl halides is 3. The van der Waals surface area contributed by atoms with Gasteiger partial charge in [-0.15, -0.1) is 0 Å². The molecule has 3 aliphatic carbocycles. The van der Waals surface area contributed by atoms with Gasteiger partial charge in [0.15, 0.2) is 0 Å². The first-order valence-corrected chi connectivity index (χ1v) is 20.7. The van der Waals surface area contributed by atoms with E-state index in [1.54, 1.807) is 6.07 Å². The van der Waals surface area contributed by atoms with Crippen LogP contribution in [-0.2, 0) is 43.6 Å². The molecule has 2 saturated heterocycles. The quantitative estimate of drug-likeness (QED) is 0.228. The first kappa shape index (κ1) is 40.6. The van der Waals surface area contributed by atoms with Gasteiger partial charge >= 0.3 is 13.3 Å². The predicted octanol–water partition coefficient (Wildman–Crippen LogP) is 5.97. The average Bonchev–Trinajstić information content (AvgIpc) is 3.71. The van der Waals surface area contributed by atoms with Gasteiger partial charge in [-0.25, -0.2) is 4.98 Å². The Bertz CT molecular complexity index is 2090. The fourth-order valence-corrected chi connectivity index (χ4v) is 10.5. The average molecular weight is 803 g/mol. The lowest BCUT2D eigenvalue weighted by molar-refractivity contribution is -0.199. The molecule has 0 spiro atoms. The van der Waals surface area contributed by atoms with Crippen molar-refractivity contribution in [2.24, 2.45) is 17.3 Å². The molecule has 0 radical (unpaired) electrons. The molecule has 2 bridgehead atoms. The summed E-state index contributed by atoms with van der Waals surface area (Å²) in [6.45, 7) is 13.8. The Morgan fingerprint density at radius 2 is 1.72 bits per heavy atom. The molecule has 2 amide bonds. The van der Waals surface area contributed by atoms with Gasteiger partial charge in [-0.3, -0.25) is 23.9 Å². The number of hydrogen-bond donors (Lipinski definition) is 2. The van der Waals surface area contributed by atoms with E-state index in [4.69, 9.17) is 14.3 Å². The van der Waals surface area contributed by atoms with Crippen molar-refractivity contribution in [1.82, 2.24) is 24.7 Å². The normalized spacial score (nSPS) is 29.3. The molecule has 7 atom stereocenters. The van der Waals surface area contributed by atoms with Crippen LogP contribution in [0.3, 0.4) is 0 Å².